The molecule has 0 fully saturated rings. The molecule has 6 heteroatoms. The summed E-state index contributed by atoms with van der Waals surface area (Å²) in [5.41, 5.74) is 3.48. The van der Waals surface area contributed by atoms with Crippen molar-refractivity contribution < 1.29 is 14.1 Å². The molecule has 2 aromatic carbocycles. The van der Waals surface area contributed by atoms with E-state index >= 15 is 0 Å². The molecule has 26 heavy (non-hydrogen) atoms. The van der Waals surface area contributed by atoms with E-state index in [1.807, 2.05) is 62.4 Å². The molecule has 0 atom stereocenters. The SMILES string of the molecule is Cc1noc(C)c1COc1ccc(CC(=O)Nc2cccc(Br)c2)cc1. The molecule has 1 aromatic heterocycles. The minimum atomic E-state index is -0.0625. The molecule has 0 radical (unpaired) electrons. The number of ether oxygens (including phenoxy) is 1. The first-order valence-electron chi connectivity index (χ1n) is 8.20. The monoisotopic (exact) mass is 414 g/mol. The third-order valence-corrected chi connectivity index (χ3v) is 4.45. The smallest absolute Gasteiger partial charge is 0.228 e. The van der Waals surface area contributed by atoms with Gasteiger partial charge < -0.3 is 14.6 Å². The Labute approximate surface area is 160 Å². The quantitative estimate of drug-likeness (QED) is 0.628. The van der Waals surface area contributed by atoms with E-state index < -0.39 is 0 Å². The number of aryl methyl sites for hydroxylation is 2. The number of amides is 1. The van der Waals surface area contributed by atoms with Crippen molar-refractivity contribution in [2.45, 2.75) is 26.9 Å². The summed E-state index contributed by atoms with van der Waals surface area (Å²) in [6.07, 6.45) is 0.302. The Kier molecular flexibility index (Phi) is 5.73. The van der Waals surface area contributed by atoms with Crippen molar-refractivity contribution in [3.05, 3.63) is 75.6 Å². The van der Waals surface area contributed by atoms with Gasteiger partial charge in [-0.2, -0.15) is 0 Å². The highest BCUT2D eigenvalue weighted by Crippen LogP contribution is 2.19. The fourth-order valence-corrected chi connectivity index (χ4v) is 2.92. The lowest BCUT2D eigenvalue weighted by Gasteiger charge is -2.08. The van der Waals surface area contributed by atoms with Crippen molar-refractivity contribution in [2.24, 2.45) is 0 Å². The molecule has 0 aliphatic rings. The molecule has 0 bridgehead atoms. The van der Waals surface area contributed by atoms with Gasteiger partial charge in [0.05, 0.1) is 17.7 Å². The molecule has 0 unspecified atom stereocenters. The molecule has 0 saturated heterocycles. The summed E-state index contributed by atoms with van der Waals surface area (Å²) >= 11 is 3.39. The van der Waals surface area contributed by atoms with Crippen molar-refractivity contribution in [3.8, 4) is 5.75 Å². The fourth-order valence-electron chi connectivity index (χ4n) is 2.52. The highest BCUT2D eigenvalue weighted by atomic mass is 79.9. The third kappa shape index (κ3) is 4.73. The van der Waals surface area contributed by atoms with Crippen molar-refractivity contribution in [1.29, 1.82) is 0 Å². The van der Waals surface area contributed by atoms with Gasteiger partial charge in [0.15, 0.2) is 0 Å². The van der Waals surface area contributed by atoms with Crippen LogP contribution in [0.1, 0.15) is 22.6 Å². The Balaban J connectivity index is 1.55. The number of hydrogen-bond acceptors (Lipinski definition) is 4. The van der Waals surface area contributed by atoms with Gasteiger partial charge in [-0.3, -0.25) is 4.79 Å². The Morgan fingerprint density at radius 3 is 2.62 bits per heavy atom. The minimum Gasteiger partial charge on any atom is -0.489 e. The molecule has 3 rings (SSSR count). The Bertz CT molecular complexity index is 884. The van der Waals surface area contributed by atoms with Crippen molar-refractivity contribution in [1.82, 2.24) is 5.16 Å². The van der Waals surface area contributed by atoms with Gasteiger partial charge in [-0.1, -0.05) is 39.3 Å². The molecule has 1 heterocycles. The number of benzene rings is 2. The summed E-state index contributed by atoms with van der Waals surface area (Å²) in [6, 6.07) is 15.0. The van der Waals surface area contributed by atoms with E-state index in [1.165, 1.54) is 0 Å². The van der Waals surface area contributed by atoms with E-state index in [9.17, 15) is 4.79 Å². The second kappa shape index (κ2) is 8.19. The summed E-state index contributed by atoms with van der Waals surface area (Å²) < 4.78 is 11.8. The molecule has 3 aromatic rings. The van der Waals surface area contributed by atoms with Crippen molar-refractivity contribution >= 4 is 27.5 Å². The molecular formula is C20H19BrN2O3. The van der Waals surface area contributed by atoms with Crippen LogP contribution in [0.2, 0.25) is 0 Å². The van der Waals surface area contributed by atoms with Gasteiger partial charge in [0, 0.05) is 10.2 Å². The van der Waals surface area contributed by atoms with Crippen LogP contribution in [0.15, 0.2) is 57.5 Å². The maximum absolute atomic E-state index is 12.2. The predicted octanol–water partition coefficient (Wildman–Crippen LogP) is 4.81. The molecule has 0 saturated carbocycles. The van der Waals surface area contributed by atoms with E-state index in [0.29, 0.717) is 13.0 Å². The number of nitrogens with zero attached hydrogens (tertiary/aromatic N) is 1. The van der Waals surface area contributed by atoms with E-state index in [0.717, 1.165) is 38.5 Å². The van der Waals surface area contributed by atoms with Crippen LogP contribution in [0, 0.1) is 13.8 Å². The maximum Gasteiger partial charge on any atom is 0.228 e. The minimum absolute atomic E-state index is 0.0625. The van der Waals surface area contributed by atoms with Crippen LogP contribution < -0.4 is 10.1 Å². The van der Waals surface area contributed by atoms with Crippen LogP contribution in [0.3, 0.4) is 0 Å². The molecule has 5 nitrogen and oxygen atoms in total. The second-order valence-corrected chi connectivity index (χ2v) is 6.89. The highest BCUT2D eigenvalue weighted by molar-refractivity contribution is 9.10. The van der Waals surface area contributed by atoms with E-state index in [1.54, 1.807) is 0 Å². The summed E-state index contributed by atoms with van der Waals surface area (Å²) in [6.45, 7) is 4.16. The average molecular weight is 415 g/mol. The van der Waals surface area contributed by atoms with Crippen LogP contribution in [0.5, 0.6) is 5.75 Å². The standard InChI is InChI=1S/C20H19BrN2O3/c1-13-19(14(2)26-23-13)12-25-18-8-6-15(7-9-18)10-20(24)22-17-5-3-4-16(21)11-17/h3-9,11H,10,12H2,1-2H3,(H,22,24). The van der Waals surface area contributed by atoms with Gasteiger partial charge >= 0.3 is 0 Å². The zero-order chi connectivity index (χ0) is 18.5. The first-order chi connectivity index (χ1) is 12.5. The molecule has 134 valence electrons. The van der Waals surface area contributed by atoms with Gasteiger partial charge in [0.2, 0.25) is 5.91 Å². The normalized spacial score (nSPS) is 10.6. The maximum atomic E-state index is 12.2. The topological polar surface area (TPSA) is 64.4 Å². The van der Waals surface area contributed by atoms with Crippen LogP contribution >= 0.6 is 15.9 Å². The Morgan fingerprint density at radius 2 is 1.96 bits per heavy atom. The molecule has 1 amide bonds. The number of carbonyl (C=O) groups excluding carboxylic acids is 1. The number of anilines is 1. The van der Waals surface area contributed by atoms with Gasteiger partial charge in [-0.25, -0.2) is 0 Å². The van der Waals surface area contributed by atoms with Crippen LogP contribution in [0.25, 0.3) is 0 Å². The molecular weight excluding hydrogens is 396 g/mol. The van der Waals surface area contributed by atoms with Crippen molar-refractivity contribution in [2.75, 3.05) is 5.32 Å². The van der Waals surface area contributed by atoms with Gasteiger partial charge in [0.25, 0.3) is 0 Å². The van der Waals surface area contributed by atoms with Crippen LogP contribution in [0.4, 0.5) is 5.69 Å². The largest absolute Gasteiger partial charge is 0.489 e. The van der Waals surface area contributed by atoms with Gasteiger partial charge in [-0.05, 0) is 49.7 Å². The average Bonchev–Trinajstić information content (AvgIpc) is 2.92. The van der Waals surface area contributed by atoms with E-state index in [-0.39, 0.29) is 5.91 Å². The highest BCUT2D eigenvalue weighted by Gasteiger charge is 2.10. The summed E-state index contributed by atoms with van der Waals surface area (Å²) in [5.74, 6) is 1.44. The summed E-state index contributed by atoms with van der Waals surface area (Å²) in [4.78, 5) is 12.2. The Hall–Kier alpha value is -2.60. The lowest BCUT2D eigenvalue weighted by molar-refractivity contribution is -0.115. The lowest BCUT2D eigenvalue weighted by Crippen LogP contribution is -2.14. The molecule has 0 aliphatic carbocycles. The van der Waals surface area contributed by atoms with E-state index in [2.05, 4.69) is 26.4 Å². The number of aromatic nitrogens is 1. The summed E-state index contributed by atoms with van der Waals surface area (Å²) in [7, 11) is 0. The number of rotatable bonds is 6. The van der Waals surface area contributed by atoms with Gasteiger partial charge in [0.1, 0.15) is 18.1 Å². The zero-order valence-electron chi connectivity index (χ0n) is 14.6. The molecule has 1 N–H and O–H groups in total. The van der Waals surface area contributed by atoms with Crippen LogP contribution in [-0.4, -0.2) is 11.1 Å². The predicted molar refractivity (Wildman–Crippen MR) is 103 cm³/mol. The third-order valence-electron chi connectivity index (χ3n) is 3.96. The molecule has 0 spiro atoms. The number of carbonyl (C=O) groups is 1. The zero-order valence-corrected chi connectivity index (χ0v) is 16.2. The van der Waals surface area contributed by atoms with Gasteiger partial charge in [-0.15, -0.1) is 0 Å². The van der Waals surface area contributed by atoms with Crippen molar-refractivity contribution in [3.63, 3.8) is 0 Å². The van der Waals surface area contributed by atoms with Crippen LogP contribution in [-0.2, 0) is 17.8 Å². The second-order valence-electron chi connectivity index (χ2n) is 5.97. The molecule has 0 aliphatic heterocycles. The lowest BCUT2D eigenvalue weighted by atomic mass is 10.1. The number of halogens is 1. The first kappa shape index (κ1) is 18.2. The first-order valence-corrected chi connectivity index (χ1v) is 8.99. The fraction of sp³-hybridized carbons (Fsp3) is 0.200. The van der Waals surface area contributed by atoms with E-state index in [4.69, 9.17) is 9.26 Å². The number of nitrogens with one attached hydrogen (secondary N) is 1. The Morgan fingerprint density at radius 1 is 1.19 bits per heavy atom. The number of hydrogen-bond donors (Lipinski definition) is 1. The summed E-state index contributed by atoms with van der Waals surface area (Å²) in [5, 5.41) is 6.80.